The summed E-state index contributed by atoms with van der Waals surface area (Å²) < 4.78 is 118. The van der Waals surface area contributed by atoms with Crippen molar-refractivity contribution < 1.29 is 48.7 Å². The maximum atomic E-state index is 14.0. The second-order valence-corrected chi connectivity index (χ2v) is 12.1. The van der Waals surface area contributed by atoms with Gasteiger partial charge in [-0.15, -0.1) is 23.4 Å². The van der Waals surface area contributed by atoms with Crippen molar-refractivity contribution in [1.29, 1.82) is 0 Å². The molecule has 242 valence electrons. The van der Waals surface area contributed by atoms with E-state index in [1.54, 1.807) is 12.1 Å². The van der Waals surface area contributed by atoms with E-state index in [9.17, 15) is 43.9 Å². The van der Waals surface area contributed by atoms with Gasteiger partial charge in [0.25, 0.3) is 5.91 Å². The SMILES string of the molecule is O=C(NCc1cc(OC(F)(F)F)ccc1F)c1cn(CCCCc2cc3cc(C4CN(S(=O)(=O)C(F)(F)F)C4)[nH]c3nn2)nn1. The lowest BCUT2D eigenvalue weighted by atomic mass is 9.99. The number of nitrogens with zero attached hydrogens (tertiary/aromatic N) is 6. The number of sulfonamides is 1. The monoisotopic (exact) mass is 664 g/mol. The smallest absolute Gasteiger partial charge is 0.406 e. The van der Waals surface area contributed by atoms with Crippen LogP contribution in [-0.4, -0.2) is 73.8 Å². The minimum Gasteiger partial charge on any atom is -0.406 e. The Labute approximate surface area is 249 Å². The molecule has 0 radical (unpaired) electrons. The summed E-state index contributed by atoms with van der Waals surface area (Å²) in [5.74, 6) is -2.61. The van der Waals surface area contributed by atoms with Crippen LogP contribution >= 0.6 is 0 Å². The molecular weight excluding hydrogens is 641 g/mol. The number of amides is 1. The molecule has 4 heterocycles. The molecular formula is C25H23F7N8O4S. The number of rotatable bonds is 11. The Morgan fingerprint density at radius 2 is 1.80 bits per heavy atom. The topological polar surface area (TPSA) is 148 Å². The molecule has 1 aromatic carbocycles. The van der Waals surface area contributed by atoms with E-state index >= 15 is 0 Å². The van der Waals surface area contributed by atoms with Gasteiger partial charge in [-0.1, -0.05) is 5.21 Å². The zero-order valence-electron chi connectivity index (χ0n) is 22.9. The minimum atomic E-state index is -5.36. The first-order valence-corrected chi connectivity index (χ1v) is 14.7. The lowest BCUT2D eigenvalue weighted by molar-refractivity contribution is -0.274. The third kappa shape index (κ3) is 7.49. The van der Waals surface area contributed by atoms with Crippen LogP contribution in [-0.2, 0) is 29.5 Å². The maximum Gasteiger partial charge on any atom is 0.573 e. The lowest BCUT2D eigenvalue weighted by Crippen LogP contribution is -2.52. The van der Waals surface area contributed by atoms with Crippen LogP contribution in [0.25, 0.3) is 11.0 Å². The number of H-pyrrole nitrogens is 1. The van der Waals surface area contributed by atoms with Gasteiger partial charge in [-0.05, 0) is 49.6 Å². The molecule has 0 saturated carbocycles. The van der Waals surface area contributed by atoms with Gasteiger partial charge < -0.3 is 15.0 Å². The van der Waals surface area contributed by atoms with E-state index < -0.39 is 51.8 Å². The third-order valence-electron chi connectivity index (χ3n) is 6.90. The average molecular weight is 665 g/mol. The van der Waals surface area contributed by atoms with E-state index in [1.807, 2.05) is 0 Å². The van der Waals surface area contributed by atoms with Crippen LogP contribution in [0.4, 0.5) is 30.7 Å². The number of alkyl halides is 6. The number of hydrogen-bond acceptors (Lipinski definition) is 8. The van der Waals surface area contributed by atoms with Crippen molar-refractivity contribution in [3.63, 3.8) is 0 Å². The summed E-state index contributed by atoms with van der Waals surface area (Å²) in [6.45, 7) is -0.629. The van der Waals surface area contributed by atoms with Crippen LogP contribution in [0.2, 0.25) is 0 Å². The highest BCUT2D eigenvalue weighted by Gasteiger charge is 2.53. The van der Waals surface area contributed by atoms with Gasteiger partial charge in [-0.25, -0.2) is 12.8 Å². The van der Waals surface area contributed by atoms with Gasteiger partial charge in [0, 0.05) is 48.7 Å². The van der Waals surface area contributed by atoms with Crippen molar-refractivity contribution in [1.82, 2.24) is 39.8 Å². The Kier molecular flexibility index (Phi) is 8.71. The summed E-state index contributed by atoms with van der Waals surface area (Å²) in [5, 5.41) is 18.9. The molecule has 4 aromatic rings. The number of aromatic amines is 1. The van der Waals surface area contributed by atoms with E-state index in [0.717, 1.165) is 18.2 Å². The molecule has 0 bridgehead atoms. The highest BCUT2D eigenvalue weighted by Crippen LogP contribution is 2.36. The number of unbranched alkanes of at least 4 members (excludes halogenated alkanes) is 1. The van der Waals surface area contributed by atoms with Gasteiger partial charge in [0.1, 0.15) is 11.6 Å². The van der Waals surface area contributed by atoms with E-state index in [4.69, 9.17) is 0 Å². The molecule has 0 atom stereocenters. The average Bonchev–Trinajstić information content (AvgIpc) is 3.56. The van der Waals surface area contributed by atoms with Gasteiger partial charge in [-0.3, -0.25) is 9.48 Å². The largest absolute Gasteiger partial charge is 0.573 e. The van der Waals surface area contributed by atoms with Gasteiger partial charge in [-0.2, -0.15) is 22.6 Å². The molecule has 0 aliphatic carbocycles. The molecule has 5 rings (SSSR count). The molecule has 20 heteroatoms. The molecule has 12 nitrogen and oxygen atoms in total. The zero-order valence-corrected chi connectivity index (χ0v) is 23.7. The Hall–Kier alpha value is -4.33. The summed E-state index contributed by atoms with van der Waals surface area (Å²) >= 11 is 0. The predicted molar refractivity (Wildman–Crippen MR) is 140 cm³/mol. The van der Waals surface area contributed by atoms with Crippen LogP contribution in [0.3, 0.4) is 0 Å². The number of ether oxygens (including phenoxy) is 1. The molecule has 1 fully saturated rings. The Balaban J connectivity index is 1.08. The minimum absolute atomic E-state index is 0.0803. The van der Waals surface area contributed by atoms with Crippen molar-refractivity contribution in [3.8, 4) is 5.75 Å². The summed E-state index contributed by atoms with van der Waals surface area (Å²) in [5.41, 5.74) is -4.01. The summed E-state index contributed by atoms with van der Waals surface area (Å²) in [7, 11) is -5.36. The number of carbonyl (C=O) groups is 1. The molecule has 0 unspecified atom stereocenters. The Morgan fingerprint density at radius 3 is 2.51 bits per heavy atom. The van der Waals surface area contributed by atoms with Crippen LogP contribution in [0.15, 0.2) is 36.5 Å². The van der Waals surface area contributed by atoms with Gasteiger partial charge in [0.2, 0.25) is 0 Å². The summed E-state index contributed by atoms with van der Waals surface area (Å²) in [6, 6.07) is 5.92. The number of benzene rings is 1. The molecule has 45 heavy (non-hydrogen) atoms. The molecule has 1 aliphatic rings. The van der Waals surface area contributed by atoms with Gasteiger partial charge >= 0.3 is 21.9 Å². The Bertz CT molecular complexity index is 1800. The van der Waals surface area contributed by atoms with E-state index in [2.05, 4.69) is 35.5 Å². The quantitative estimate of drug-likeness (QED) is 0.182. The maximum absolute atomic E-state index is 14.0. The summed E-state index contributed by atoms with van der Waals surface area (Å²) in [4.78, 5) is 15.4. The van der Waals surface area contributed by atoms with Crippen LogP contribution in [0, 0.1) is 5.82 Å². The van der Waals surface area contributed by atoms with E-state index in [0.29, 0.717) is 52.5 Å². The first kappa shape index (κ1) is 32.1. The van der Waals surface area contributed by atoms with Crippen molar-refractivity contribution in [2.45, 2.75) is 50.1 Å². The van der Waals surface area contributed by atoms with Crippen LogP contribution < -0.4 is 10.1 Å². The molecule has 3 aromatic heterocycles. The fourth-order valence-corrected chi connectivity index (χ4v) is 5.60. The molecule has 1 amide bonds. The van der Waals surface area contributed by atoms with Crippen LogP contribution in [0.5, 0.6) is 5.75 Å². The third-order valence-corrected chi connectivity index (χ3v) is 8.46. The van der Waals surface area contributed by atoms with Crippen molar-refractivity contribution in [2.75, 3.05) is 13.1 Å². The number of halogens is 7. The molecule has 0 spiro atoms. The Morgan fingerprint density at radius 1 is 1.04 bits per heavy atom. The predicted octanol–water partition coefficient (Wildman–Crippen LogP) is 3.79. The first-order valence-electron chi connectivity index (χ1n) is 13.2. The number of aryl methyl sites for hydroxylation is 2. The van der Waals surface area contributed by atoms with E-state index in [1.165, 1.54) is 10.9 Å². The molecule has 1 saturated heterocycles. The lowest BCUT2D eigenvalue weighted by Gasteiger charge is -2.37. The highest BCUT2D eigenvalue weighted by atomic mass is 32.2. The fraction of sp³-hybridized carbons (Fsp3) is 0.400. The van der Waals surface area contributed by atoms with Gasteiger partial charge in [0.15, 0.2) is 11.3 Å². The second-order valence-electron chi connectivity index (χ2n) is 10.1. The second kappa shape index (κ2) is 12.2. The van der Waals surface area contributed by atoms with Crippen molar-refractivity contribution in [3.05, 3.63) is 65.0 Å². The molecule has 1 aliphatic heterocycles. The number of carbonyl (C=O) groups excluding carboxylic acids is 1. The zero-order chi connectivity index (χ0) is 32.6. The molecule has 2 N–H and O–H groups in total. The van der Waals surface area contributed by atoms with Crippen molar-refractivity contribution >= 4 is 27.0 Å². The van der Waals surface area contributed by atoms with Crippen molar-refractivity contribution in [2.24, 2.45) is 0 Å². The highest BCUT2D eigenvalue weighted by molar-refractivity contribution is 7.90. The summed E-state index contributed by atoms with van der Waals surface area (Å²) in [6.07, 6.45) is -1.82. The van der Waals surface area contributed by atoms with E-state index in [-0.39, 0.29) is 24.3 Å². The first-order chi connectivity index (χ1) is 21.1. The fourth-order valence-electron chi connectivity index (χ4n) is 4.56. The normalized spacial score (nSPS) is 14.9. The number of aromatic nitrogens is 6. The number of nitrogens with one attached hydrogen (secondary N) is 2. The standard InChI is InChI=1S/C25H23F7N8O4S/c26-19-5-4-18(44-24(27,28)29)8-15(19)10-33-23(41)21-13-39(38-36-21)6-2-1-3-17-7-14-9-20(34-22(14)37-35-17)16-11-40(12-16)45(42,43)25(30,31)32/h4-5,7-9,13,16H,1-3,6,10-12H2,(H,33,41)(H,34,37). The van der Waals surface area contributed by atoms with Gasteiger partial charge in [0.05, 0.1) is 11.9 Å². The van der Waals surface area contributed by atoms with Crippen LogP contribution in [0.1, 0.15) is 46.2 Å². The number of hydrogen-bond donors (Lipinski definition) is 2. The number of fused-ring (bicyclic) bond motifs is 1.